The highest BCUT2D eigenvalue weighted by molar-refractivity contribution is 6.03. The Kier molecular flexibility index (Phi) is 4.92. The van der Waals surface area contributed by atoms with Gasteiger partial charge in [-0.2, -0.15) is 0 Å². The highest BCUT2D eigenvalue weighted by atomic mass is 16.2. The molecule has 2 amide bonds. The molecule has 1 aliphatic carbocycles. The predicted molar refractivity (Wildman–Crippen MR) is 96.0 cm³/mol. The summed E-state index contributed by atoms with van der Waals surface area (Å²) in [5, 5.41) is 5.40. The van der Waals surface area contributed by atoms with Gasteiger partial charge in [-0.1, -0.05) is 6.07 Å². The van der Waals surface area contributed by atoms with Crippen LogP contribution in [0.25, 0.3) is 11.0 Å². The molecule has 1 heterocycles. The van der Waals surface area contributed by atoms with Gasteiger partial charge >= 0.3 is 11.7 Å². The molecule has 1 atom stereocenters. The maximum atomic E-state index is 12.7. The van der Waals surface area contributed by atoms with Gasteiger partial charge in [-0.05, 0) is 31.0 Å². The average Bonchev–Trinajstić information content (AvgIpc) is 2.85. The molecule has 2 aromatic rings. The Morgan fingerprint density at radius 2 is 1.96 bits per heavy atom. The maximum Gasteiger partial charge on any atom is 0.329 e. The number of carbonyl (C=O) groups is 3. The van der Waals surface area contributed by atoms with E-state index in [9.17, 15) is 19.2 Å². The minimum Gasteiger partial charge on any atom is -0.338 e. The number of hydrogen-bond acceptors (Lipinski definition) is 4. The first kappa shape index (κ1) is 17.9. The molecule has 8 heteroatoms. The SMILES string of the molecule is CCNC(=O)NCc1ccc2c(c1)n(C)c(=O)n2C1CCC(=O)CC1=O. The lowest BCUT2D eigenvalue weighted by Gasteiger charge is -2.21. The lowest BCUT2D eigenvalue weighted by molar-refractivity contribution is -0.132. The number of imidazole rings is 1. The van der Waals surface area contributed by atoms with Crippen LogP contribution in [-0.4, -0.2) is 33.3 Å². The molecule has 0 aliphatic heterocycles. The topological polar surface area (TPSA) is 102 Å². The van der Waals surface area contributed by atoms with Crippen LogP contribution in [0, 0.1) is 0 Å². The van der Waals surface area contributed by atoms with Gasteiger partial charge in [0.2, 0.25) is 0 Å². The van der Waals surface area contributed by atoms with E-state index < -0.39 is 6.04 Å². The van der Waals surface area contributed by atoms with Crippen LogP contribution in [-0.2, 0) is 23.2 Å². The fourth-order valence-electron chi connectivity index (χ4n) is 3.36. The van der Waals surface area contributed by atoms with Crippen molar-refractivity contribution < 1.29 is 14.4 Å². The normalized spacial score (nSPS) is 17.5. The number of carbonyl (C=O) groups excluding carboxylic acids is 3. The van der Waals surface area contributed by atoms with Crippen molar-refractivity contribution in [3.05, 3.63) is 34.2 Å². The fraction of sp³-hybridized carbons (Fsp3) is 0.444. The summed E-state index contributed by atoms with van der Waals surface area (Å²) in [6.45, 7) is 2.71. The van der Waals surface area contributed by atoms with E-state index in [0.29, 0.717) is 37.0 Å². The van der Waals surface area contributed by atoms with Crippen LogP contribution in [0.3, 0.4) is 0 Å². The molecule has 26 heavy (non-hydrogen) atoms. The molecule has 3 rings (SSSR count). The van der Waals surface area contributed by atoms with Gasteiger partial charge in [-0.25, -0.2) is 9.59 Å². The Hall–Kier alpha value is -2.90. The number of fused-ring (bicyclic) bond motifs is 1. The van der Waals surface area contributed by atoms with Crippen molar-refractivity contribution in [1.29, 1.82) is 0 Å². The van der Waals surface area contributed by atoms with Crippen LogP contribution >= 0.6 is 0 Å². The molecule has 0 saturated heterocycles. The summed E-state index contributed by atoms with van der Waals surface area (Å²) in [4.78, 5) is 48.0. The second-order valence-electron chi connectivity index (χ2n) is 6.48. The van der Waals surface area contributed by atoms with Crippen molar-refractivity contribution in [3.63, 3.8) is 0 Å². The zero-order chi connectivity index (χ0) is 18.8. The molecule has 0 spiro atoms. The summed E-state index contributed by atoms with van der Waals surface area (Å²) in [6, 6.07) is 4.59. The molecule has 8 nitrogen and oxygen atoms in total. The smallest absolute Gasteiger partial charge is 0.329 e. The number of amides is 2. The van der Waals surface area contributed by atoms with E-state index in [1.807, 2.05) is 19.1 Å². The molecule has 0 bridgehead atoms. The van der Waals surface area contributed by atoms with E-state index in [4.69, 9.17) is 0 Å². The van der Waals surface area contributed by atoms with Crippen molar-refractivity contribution in [2.75, 3.05) is 6.54 Å². The van der Waals surface area contributed by atoms with Crippen LogP contribution in [0.2, 0.25) is 0 Å². The molecule has 0 radical (unpaired) electrons. The average molecular weight is 358 g/mol. The monoisotopic (exact) mass is 358 g/mol. The first-order valence-corrected chi connectivity index (χ1v) is 8.68. The number of hydrogen-bond donors (Lipinski definition) is 2. The Morgan fingerprint density at radius 1 is 1.19 bits per heavy atom. The number of nitrogens with one attached hydrogen (secondary N) is 2. The Morgan fingerprint density at radius 3 is 2.65 bits per heavy atom. The van der Waals surface area contributed by atoms with Gasteiger partial charge < -0.3 is 10.6 Å². The lowest BCUT2D eigenvalue weighted by Crippen LogP contribution is -2.34. The molecular formula is C18H22N4O4. The summed E-state index contributed by atoms with van der Waals surface area (Å²) in [5.41, 5.74) is 1.92. The molecule has 138 valence electrons. The number of aryl methyl sites for hydroxylation is 1. The van der Waals surface area contributed by atoms with E-state index in [0.717, 1.165) is 5.56 Å². The minimum atomic E-state index is -0.594. The fourth-order valence-corrected chi connectivity index (χ4v) is 3.36. The highest BCUT2D eigenvalue weighted by Crippen LogP contribution is 2.26. The highest BCUT2D eigenvalue weighted by Gasteiger charge is 2.31. The van der Waals surface area contributed by atoms with Crippen LogP contribution < -0.4 is 16.3 Å². The standard InChI is InChI=1S/C18H22N4O4/c1-3-19-17(25)20-10-11-4-6-13-15(8-11)21(2)18(26)22(13)14-7-5-12(23)9-16(14)24/h4,6,8,14H,3,5,7,9-10H2,1-2H3,(H2,19,20,25). The first-order valence-electron chi connectivity index (χ1n) is 8.68. The van der Waals surface area contributed by atoms with Crippen molar-refractivity contribution in [1.82, 2.24) is 19.8 Å². The number of ketones is 2. The molecule has 2 N–H and O–H groups in total. The zero-order valence-electron chi connectivity index (χ0n) is 14.9. The van der Waals surface area contributed by atoms with Crippen LogP contribution in [0.1, 0.15) is 37.8 Å². The number of benzene rings is 1. The van der Waals surface area contributed by atoms with Crippen LogP contribution in [0.15, 0.2) is 23.0 Å². The third-order valence-electron chi connectivity index (χ3n) is 4.70. The molecule has 1 aromatic heterocycles. The molecule has 1 saturated carbocycles. The molecule has 1 aromatic carbocycles. The van der Waals surface area contributed by atoms with E-state index in [1.54, 1.807) is 13.1 Å². The third kappa shape index (κ3) is 3.26. The third-order valence-corrected chi connectivity index (χ3v) is 4.70. The van der Waals surface area contributed by atoms with Gasteiger partial charge in [0, 0.05) is 26.6 Å². The molecule has 1 aliphatic rings. The van der Waals surface area contributed by atoms with Crippen molar-refractivity contribution in [2.45, 2.75) is 38.8 Å². The Balaban J connectivity index is 1.93. The van der Waals surface area contributed by atoms with Gasteiger partial charge in [0.25, 0.3) is 0 Å². The van der Waals surface area contributed by atoms with Crippen molar-refractivity contribution in [2.24, 2.45) is 7.05 Å². The van der Waals surface area contributed by atoms with Crippen molar-refractivity contribution in [3.8, 4) is 0 Å². The maximum absolute atomic E-state index is 12.7. The van der Waals surface area contributed by atoms with E-state index in [-0.39, 0.29) is 29.7 Å². The van der Waals surface area contributed by atoms with E-state index >= 15 is 0 Å². The van der Waals surface area contributed by atoms with Crippen LogP contribution in [0.4, 0.5) is 4.79 Å². The Bertz CT molecular complexity index is 941. The summed E-state index contributed by atoms with van der Waals surface area (Å²) in [6.07, 6.45) is 0.562. The zero-order valence-corrected chi connectivity index (χ0v) is 14.9. The number of aromatic nitrogens is 2. The second-order valence-corrected chi connectivity index (χ2v) is 6.48. The number of nitrogens with zero attached hydrogens (tertiary/aromatic N) is 2. The number of urea groups is 1. The van der Waals surface area contributed by atoms with E-state index in [1.165, 1.54) is 9.13 Å². The van der Waals surface area contributed by atoms with Gasteiger partial charge in [0.1, 0.15) is 5.78 Å². The van der Waals surface area contributed by atoms with Crippen molar-refractivity contribution >= 4 is 28.6 Å². The molecule has 1 fully saturated rings. The summed E-state index contributed by atoms with van der Waals surface area (Å²) >= 11 is 0. The minimum absolute atomic E-state index is 0.0711. The molecule has 1 unspecified atom stereocenters. The lowest BCUT2D eigenvalue weighted by atomic mass is 9.93. The van der Waals surface area contributed by atoms with Gasteiger partial charge in [-0.3, -0.25) is 18.7 Å². The van der Waals surface area contributed by atoms with Gasteiger partial charge in [0.15, 0.2) is 5.78 Å². The number of Topliss-reactive ketones (excluding diaryl/α,β-unsaturated/α-hetero) is 2. The van der Waals surface area contributed by atoms with Gasteiger partial charge in [-0.15, -0.1) is 0 Å². The largest absolute Gasteiger partial charge is 0.338 e. The summed E-state index contributed by atoms with van der Waals surface area (Å²) in [7, 11) is 1.65. The van der Waals surface area contributed by atoms with Gasteiger partial charge in [0.05, 0.1) is 23.5 Å². The quantitative estimate of drug-likeness (QED) is 0.797. The van der Waals surface area contributed by atoms with Crippen LogP contribution in [0.5, 0.6) is 0 Å². The predicted octanol–water partition coefficient (Wildman–Crippen LogP) is 1.02. The van der Waals surface area contributed by atoms with E-state index in [2.05, 4.69) is 10.6 Å². The summed E-state index contributed by atoms with van der Waals surface area (Å²) in [5.74, 6) is -0.281. The Labute approximate surface area is 150 Å². The molecular weight excluding hydrogens is 336 g/mol. The second kappa shape index (κ2) is 7.15. The first-order chi connectivity index (χ1) is 12.4. The number of rotatable bonds is 4. The summed E-state index contributed by atoms with van der Waals surface area (Å²) < 4.78 is 2.99.